The van der Waals surface area contributed by atoms with E-state index >= 15 is 0 Å². The van der Waals surface area contributed by atoms with Crippen molar-refractivity contribution in [1.82, 2.24) is 10.0 Å². The Hall–Kier alpha value is -3.85. The molecular weight excluding hydrogens is 478 g/mol. The number of fused-ring (bicyclic) bond motifs is 1. The minimum Gasteiger partial charge on any atom is -0.493 e. The van der Waals surface area contributed by atoms with Gasteiger partial charge in [0.25, 0.3) is 10.0 Å². The fourth-order valence-corrected chi connectivity index (χ4v) is 5.35. The van der Waals surface area contributed by atoms with Crippen molar-refractivity contribution in [2.24, 2.45) is 0 Å². The van der Waals surface area contributed by atoms with Crippen LogP contribution in [-0.4, -0.2) is 40.1 Å². The first kappa shape index (κ1) is 25.2. The quantitative estimate of drug-likeness (QED) is 0.509. The number of hydrogen-bond acceptors (Lipinski definition) is 5. The van der Waals surface area contributed by atoms with E-state index in [0.29, 0.717) is 17.9 Å². The summed E-state index contributed by atoms with van der Waals surface area (Å²) in [6, 6.07) is 19.2. The van der Waals surface area contributed by atoms with Crippen LogP contribution in [0.25, 0.3) is 0 Å². The molecule has 36 heavy (non-hydrogen) atoms. The van der Waals surface area contributed by atoms with E-state index in [9.17, 15) is 18.0 Å². The lowest BCUT2D eigenvalue weighted by molar-refractivity contribution is -0.120. The molecule has 1 aliphatic heterocycles. The Morgan fingerprint density at radius 2 is 1.75 bits per heavy atom. The lowest BCUT2D eigenvalue weighted by atomic mass is 10.0. The zero-order valence-electron chi connectivity index (χ0n) is 20.2. The number of sulfonamides is 1. The van der Waals surface area contributed by atoms with Gasteiger partial charge in [-0.05, 0) is 60.7 Å². The first-order valence-corrected chi connectivity index (χ1v) is 13.2. The Balaban J connectivity index is 1.55. The highest BCUT2D eigenvalue weighted by Crippen LogP contribution is 2.29. The third-order valence-electron chi connectivity index (χ3n) is 6.11. The summed E-state index contributed by atoms with van der Waals surface area (Å²) in [6.45, 7) is 2.32. The Kier molecular flexibility index (Phi) is 7.59. The van der Waals surface area contributed by atoms with Gasteiger partial charge in [0.05, 0.1) is 11.5 Å². The van der Waals surface area contributed by atoms with Gasteiger partial charge in [-0.15, -0.1) is 0 Å². The number of urea groups is 1. The molecule has 0 saturated heterocycles. The molecule has 0 fully saturated rings. The van der Waals surface area contributed by atoms with Crippen LogP contribution in [0.15, 0.2) is 77.7 Å². The van der Waals surface area contributed by atoms with E-state index in [1.54, 1.807) is 38.2 Å². The number of ether oxygens (including phenoxy) is 1. The maximum atomic E-state index is 13.5. The maximum Gasteiger partial charge on any atom is 0.329 e. The number of hydrogen-bond donors (Lipinski definition) is 2. The van der Waals surface area contributed by atoms with Crippen LogP contribution >= 0.6 is 0 Å². The van der Waals surface area contributed by atoms with E-state index in [4.69, 9.17) is 4.74 Å². The lowest BCUT2D eigenvalue weighted by Gasteiger charge is -2.26. The molecule has 0 saturated carbocycles. The number of nitrogens with one attached hydrogen (secondary N) is 2. The largest absolute Gasteiger partial charge is 0.493 e. The Bertz CT molecular complexity index is 1360. The number of anilines is 1. The van der Waals surface area contributed by atoms with E-state index in [1.807, 2.05) is 47.2 Å². The van der Waals surface area contributed by atoms with Crippen molar-refractivity contribution in [3.05, 3.63) is 89.5 Å². The number of carbonyl (C=O) groups excluding carboxylic acids is 2. The minimum atomic E-state index is -4.12. The average molecular weight is 508 g/mol. The molecule has 2 N–H and O–H groups in total. The molecule has 188 valence electrons. The standard InChI is InChI=1S/C27H29N3O5S/c1-19-9-6-7-13-25(19)36(33,34)29-27(32)28-23(17-20-10-4-3-5-11-20)26(31)30(2)22-14-15-24-21(18-22)12-8-16-35-24/h3-7,9-11,13-15,18,23H,8,12,16-17H2,1-2H3,(H2,28,29,32)/t23-/m0/s1. The number of benzene rings is 3. The maximum absolute atomic E-state index is 13.5. The molecule has 8 nitrogen and oxygen atoms in total. The molecule has 0 aliphatic carbocycles. The van der Waals surface area contributed by atoms with Crippen LogP contribution in [0.1, 0.15) is 23.1 Å². The Morgan fingerprint density at radius 3 is 2.50 bits per heavy atom. The number of nitrogens with zero attached hydrogens (tertiary/aromatic N) is 1. The molecule has 0 unspecified atom stereocenters. The summed E-state index contributed by atoms with van der Waals surface area (Å²) in [5, 5.41) is 2.58. The van der Waals surface area contributed by atoms with Crippen molar-refractivity contribution in [3.63, 3.8) is 0 Å². The summed E-state index contributed by atoms with van der Waals surface area (Å²) in [6.07, 6.45) is 1.95. The number of aryl methyl sites for hydroxylation is 2. The molecule has 3 amide bonds. The second-order valence-corrected chi connectivity index (χ2v) is 10.4. The molecule has 0 bridgehead atoms. The fourth-order valence-electron chi connectivity index (χ4n) is 4.19. The molecule has 3 aromatic carbocycles. The van der Waals surface area contributed by atoms with Gasteiger partial charge in [0.2, 0.25) is 5.91 Å². The monoisotopic (exact) mass is 507 g/mol. The van der Waals surface area contributed by atoms with Crippen molar-refractivity contribution in [1.29, 1.82) is 0 Å². The summed E-state index contributed by atoms with van der Waals surface area (Å²) in [4.78, 5) is 27.8. The molecule has 9 heteroatoms. The predicted octanol–water partition coefficient (Wildman–Crippen LogP) is 3.58. The molecule has 1 atom stereocenters. The molecule has 1 heterocycles. The van der Waals surface area contributed by atoms with Crippen molar-refractivity contribution in [2.75, 3.05) is 18.6 Å². The van der Waals surface area contributed by atoms with Crippen LogP contribution in [0.3, 0.4) is 0 Å². The van der Waals surface area contributed by atoms with Crippen molar-refractivity contribution < 1.29 is 22.7 Å². The van der Waals surface area contributed by atoms with Gasteiger partial charge in [-0.2, -0.15) is 0 Å². The highest BCUT2D eigenvalue weighted by atomic mass is 32.2. The van der Waals surface area contributed by atoms with Crippen LogP contribution in [0.2, 0.25) is 0 Å². The summed E-state index contributed by atoms with van der Waals surface area (Å²) >= 11 is 0. The SMILES string of the molecule is Cc1ccccc1S(=O)(=O)NC(=O)N[C@@H](Cc1ccccc1)C(=O)N(C)c1ccc2c(c1)CCCO2. The van der Waals surface area contributed by atoms with Gasteiger partial charge in [0.1, 0.15) is 11.8 Å². The van der Waals surface area contributed by atoms with Crippen LogP contribution in [-0.2, 0) is 27.7 Å². The highest BCUT2D eigenvalue weighted by molar-refractivity contribution is 7.90. The summed E-state index contributed by atoms with van der Waals surface area (Å²) in [5.74, 6) is 0.435. The topological polar surface area (TPSA) is 105 Å². The number of rotatable bonds is 7. The third kappa shape index (κ3) is 5.85. The van der Waals surface area contributed by atoms with Crippen LogP contribution in [0.5, 0.6) is 5.75 Å². The van der Waals surface area contributed by atoms with Gasteiger partial charge in [-0.1, -0.05) is 48.5 Å². The predicted molar refractivity (Wildman–Crippen MR) is 138 cm³/mol. The Labute approximate surface area is 211 Å². The lowest BCUT2D eigenvalue weighted by Crippen LogP contribution is -2.52. The summed E-state index contributed by atoms with van der Waals surface area (Å²) < 4.78 is 33.3. The fraction of sp³-hybridized carbons (Fsp3) is 0.259. The first-order chi connectivity index (χ1) is 17.2. The Morgan fingerprint density at radius 1 is 1.03 bits per heavy atom. The minimum absolute atomic E-state index is 0.000479. The first-order valence-electron chi connectivity index (χ1n) is 11.7. The van der Waals surface area contributed by atoms with E-state index < -0.39 is 22.1 Å². The van der Waals surface area contributed by atoms with Gasteiger partial charge in [0.15, 0.2) is 0 Å². The molecule has 4 rings (SSSR count). The molecule has 0 aromatic heterocycles. The number of likely N-dealkylation sites (N-methyl/N-ethyl adjacent to an activating group) is 1. The normalized spacial score (nSPS) is 13.6. The van der Waals surface area contributed by atoms with Gasteiger partial charge >= 0.3 is 6.03 Å². The van der Waals surface area contributed by atoms with Gasteiger partial charge in [0, 0.05) is 19.2 Å². The van der Waals surface area contributed by atoms with Gasteiger partial charge < -0.3 is 15.0 Å². The molecular formula is C27H29N3O5S. The van der Waals surface area contributed by atoms with Crippen LogP contribution < -0.4 is 19.7 Å². The van der Waals surface area contributed by atoms with E-state index in [2.05, 4.69) is 5.32 Å². The van der Waals surface area contributed by atoms with Gasteiger partial charge in [-0.3, -0.25) is 4.79 Å². The summed E-state index contributed by atoms with van der Waals surface area (Å²) in [5.41, 5.74) is 3.01. The van der Waals surface area contributed by atoms with E-state index in [-0.39, 0.29) is 17.2 Å². The van der Waals surface area contributed by atoms with Crippen molar-refractivity contribution in [2.45, 2.75) is 37.1 Å². The molecule has 1 aliphatic rings. The molecule has 0 radical (unpaired) electrons. The third-order valence-corrected chi connectivity index (χ3v) is 7.60. The smallest absolute Gasteiger partial charge is 0.329 e. The zero-order chi connectivity index (χ0) is 25.7. The number of carbonyl (C=O) groups is 2. The van der Waals surface area contributed by atoms with E-state index in [1.165, 1.54) is 11.0 Å². The van der Waals surface area contributed by atoms with Crippen molar-refractivity contribution in [3.8, 4) is 5.75 Å². The second-order valence-electron chi connectivity index (χ2n) is 8.73. The highest BCUT2D eigenvalue weighted by Gasteiger charge is 2.28. The van der Waals surface area contributed by atoms with Gasteiger partial charge in [-0.25, -0.2) is 17.9 Å². The van der Waals surface area contributed by atoms with Crippen LogP contribution in [0, 0.1) is 6.92 Å². The molecule has 3 aromatic rings. The van der Waals surface area contributed by atoms with Crippen molar-refractivity contribution >= 4 is 27.6 Å². The number of amides is 3. The summed E-state index contributed by atoms with van der Waals surface area (Å²) in [7, 11) is -2.48. The van der Waals surface area contributed by atoms with Crippen LogP contribution in [0.4, 0.5) is 10.5 Å². The molecule has 0 spiro atoms. The second kappa shape index (κ2) is 10.8. The average Bonchev–Trinajstić information content (AvgIpc) is 2.87. The van der Waals surface area contributed by atoms with E-state index in [0.717, 1.165) is 29.7 Å². The zero-order valence-corrected chi connectivity index (χ0v) is 21.0.